The first-order chi connectivity index (χ1) is 18.2. The van der Waals surface area contributed by atoms with Crippen molar-refractivity contribution in [2.75, 3.05) is 27.4 Å². The molecule has 2 atom stereocenters. The van der Waals surface area contributed by atoms with Crippen molar-refractivity contribution >= 4 is 63.4 Å². The van der Waals surface area contributed by atoms with Crippen molar-refractivity contribution in [1.82, 2.24) is 16.1 Å². The quantitative estimate of drug-likeness (QED) is 0.0902. The third-order valence-electron chi connectivity index (χ3n) is 5.33. The molecule has 13 heteroatoms. The molecular weight excluding hydrogens is 722 g/mol. The number of aliphatic hydroxyl groups is 1. The zero-order valence-corrected chi connectivity index (χ0v) is 25.4. The van der Waals surface area contributed by atoms with Gasteiger partial charge >= 0.3 is 12.0 Å². The van der Waals surface area contributed by atoms with Crippen molar-refractivity contribution in [2.24, 2.45) is 5.10 Å². The van der Waals surface area contributed by atoms with E-state index < -0.39 is 24.3 Å². The van der Waals surface area contributed by atoms with Gasteiger partial charge in [0, 0.05) is 5.70 Å². The molecule has 0 radical (unpaired) electrons. The Kier molecular flexibility index (Phi) is 10.8. The number of hydrogen-bond acceptors (Lipinski definition) is 9. The summed E-state index contributed by atoms with van der Waals surface area (Å²) in [5.41, 5.74) is 4.75. The zero-order valence-electron chi connectivity index (χ0n) is 21.1. The maximum absolute atomic E-state index is 12.4. The van der Waals surface area contributed by atoms with Gasteiger partial charge in [0.25, 0.3) is 0 Å². The largest absolute Gasteiger partial charge is 0.495 e. The molecule has 1 aliphatic heterocycles. The molecule has 0 bridgehead atoms. The van der Waals surface area contributed by atoms with Crippen molar-refractivity contribution in [3.63, 3.8) is 0 Å². The van der Waals surface area contributed by atoms with Crippen LogP contribution in [0, 0.1) is 7.14 Å². The smallest absolute Gasteiger partial charge is 0.337 e. The minimum Gasteiger partial charge on any atom is -0.495 e. The fourth-order valence-electron chi connectivity index (χ4n) is 3.67. The first-order valence-electron chi connectivity index (χ1n) is 11.4. The molecule has 4 N–H and O–H groups in total. The van der Waals surface area contributed by atoms with Crippen LogP contribution in [0.25, 0.3) is 0 Å². The SMILES string of the molecule is CCOc1cc([C@@H]2NC(=O)NC(C)=C2C(=O)OC)ccc1OC[C@H](O)N/N=C\c1cc(I)c(OC)c(I)c1. The van der Waals surface area contributed by atoms with Gasteiger partial charge in [-0.15, -0.1) is 0 Å². The predicted octanol–water partition coefficient (Wildman–Crippen LogP) is 3.42. The van der Waals surface area contributed by atoms with Gasteiger partial charge in [0.2, 0.25) is 0 Å². The minimum atomic E-state index is -1.10. The molecular formula is C25H28I2N4O7. The number of carbonyl (C=O) groups excluding carboxylic acids is 2. The minimum absolute atomic E-state index is 0.120. The average molecular weight is 750 g/mol. The summed E-state index contributed by atoms with van der Waals surface area (Å²) in [5.74, 6) is 1.00. The van der Waals surface area contributed by atoms with E-state index in [0.717, 1.165) is 18.5 Å². The van der Waals surface area contributed by atoms with Gasteiger partial charge in [0.15, 0.2) is 17.7 Å². The molecule has 0 unspecified atom stereocenters. The van der Waals surface area contributed by atoms with Gasteiger partial charge in [-0.05, 0) is 94.4 Å². The molecule has 0 aromatic heterocycles. The number of esters is 1. The molecule has 2 amide bonds. The predicted molar refractivity (Wildman–Crippen MR) is 157 cm³/mol. The maximum atomic E-state index is 12.4. The van der Waals surface area contributed by atoms with Gasteiger partial charge in [-0.3, -0.25) is 5.43 Å². The van der Waals surface area contributed by atoms with Crippen LogP contribution in [0.1, 0.15) is 31.0 Å². The standard InChI is InChI=1S/C25H28I2N4O7/c1-5-37-19-10-15(22-21(24(33)36-4)13(2)29-25(34)30-22)6-7-18(19)38-12-20(32)31-28-11-14-8-16(26)23(35-3)17(27)9-14/h6-11,20,22,31-32H,5,12H2,1-4H3,(H2,29,30,34)/b28-11-/t20-,22-/m0/s1. The Hall–Kier alpha value is -2.79. The number of ether oxygens (including phenoxy) is 4. The van der Waals surface area contributed by atoms with E-state index in [2.05, 4.69) is 66.3 Å². The fraction of sp³-hybridized carbons (Fsp3) is 0.320. The van der Waals surface area contributed by atoms with E-state index >= 15 is 0 Å². The molecule has 0 saturated heterocycles. The lowest BCUT2D eigenvalue weighted by molar-refractivity contribution is -0.136. The summed E-state index contributed by atoms with van der Waals surface area (Å²) in [7, 11) is 2.90. The maximum Gasteiger partial charge on any atom is 0.337 e. The van der Waals surface area contributed by atoms with Crippen molar-refractivity contribution in [2.45, 2.75) is 26.1 Å². The van der Waals surface area contributed by atoms with Crippen LogP contribution in [0.15, 0.2) is 46.7 Å². The number of hydrazone groups is 1. The third kappa shape index (κ3) is 7.41. The number of nitrogens with one attached hydrogen (secondary N) is 3. The Balaban J connectivity index is 1.70. The number of carbonyl (C=O) groups is 2. The Labute approximate surface area is 247 Å². The lowest BCUT2D eigenvalue weighted by Crippen LogP contribution is -2.45. The number of amides is 2. The van der Waals surface area contributed by atoms with Gasteiger partial charge in [0.1, 0.15) is 12.4 Å². The highest BCUT2D eigenvalue weighted by atomic mass is 127. The lowest BCUT2D eigenvalue weighted by atomic mass is 9.95. The molecule has 0 fully saturated rings. The summed E-state index contributed by atoms with van der Waals surface area (Å²) in [6, 6.07) is 7.68. The van der Waals surface area contributed by atoms with Crippen LogP contribution in [0.5, 0.6) is 17.2 Å². The van der Waals surface area contributed by atoms with Gasteiger partial charge in [0.05, 0.1) is 45.8 Å². The Bertz CT molecular complexity index is 1230. The average Bonchev–Trinajstić information content (AvgIpc) is 2.87. The molecule has 11 nitrogen and oxygen atoms in total. The van der Waals surface area contributed by atoms with Crippen LogP contribution in [0.4, 0.5) is 4.79 Å². The van der Waals surface area contributed by atoms with E-state index in [1.807, 2.05) is 19.1 Å². The highest BCUT2D eigenvalue weighted by Crippen LogP contribution is 2.35. The van der Waals surface area contributed by atoms with Crippen LogP contribution in [-0.2, 0) is 9.53 Å². The van der Waals surface area contributed by atoms with Crippen molar-refractivity contribution < 1.29 is 33.6 Å². The number of benzene rings is 2. The van der Waals surface area contributed by atoms with E-state index in [1.165, 1.54) is 7.11 Å². The normalized spacial score (nSPS) is 16.0. The Morgan fingerprint density at radius 2 is 1.89 bits per heavy atom. The fourth-order valence-corrected chi connectivity index (χ4v) is 5.93. The van der Waals surface area contributed by atoms with Crippen LogP contribution in [0.2, 0.25) is 0 Å². The molecule has 2 aromatic carbocycles. The number of rotatable bonds is 11. The summed E-state index contributed by atoms with van der Waals surface area (Å²) in [6.45, 7) is 3.68. The second-order valence-corrected chi connectivity index (χ2v) is 10.3. The molecule has 0 spiro atoms. The number of nitrogens with zero attached hydrogens (tertiary/aromatic N) is 1. The molecule has 1 heterocycles. The number of halogens is 2. The number of urea groups is 1. The highest BCUT2D eigenvalue weighted by molar-refractivity contribution is 14.1. The molecule has 38 heavy (non-hydrogen) atoms. The van der Waals surface area contributed by atoms with Crippen LogP contribution < -0.4 is 30.3 Å². The molecule has 0 saturated carbocycles. The van der Waals surface area contributed by atoms with Crippen molar-refractivity contribution in [3.05, 3.63) is 59.9 Å². The van der Waals surface area contributed by atoms with E-state index in [9.17, 15) is 14.7 Å². The number of allylic oxidation sites excluding steroid dienone is 1. The summed E-state index contributed by atoms with van der Waals surface area (Å²) in [4.78, 5) is 24.5. The van der Waals surface area contributed by atoms with Crippen molar-refractivity contribution in [1.29, 1.82) is 0 Å². The van der Waals surface area contributed by atoms with Crippen LogP contribution in [-0.4, -0.2) is 57.0 Å². The lowest BCUT2D eigenvalue weighted by Gasteiger charge is -2.28. The molecule has 3 rings (SSSR count). The van der Waals surface area contributed by atoms with E-state index in [-0.39, 0.29) is 12.2 Å². The Morgan fingerprint density at radius 1 is 1.18 bits per heavy atom. The highest BCUT2D eigenvalue weighted by Gasteiger charge is 2.32. The second-order valence-electron chi connectivity index (χ2n) is 7.93. The number of methoxy groups -OCH3 is 2. The Morgan fingerprint density at radius 3 is 2.53 bits per heavy atom. The van der Waals surface area contributed by atoms with E-state index in [1.54, 1.807) is 38.4 Å². The summed E-state index contributed by atoms with van der Waals surface area (Å²) >= 11 is 4.38. The molecule has 204 valence electrons. The van der Waals surface area contributed by atoms with E-state index in [4.69, 9.17) is 18.9 Å². The van der Waals surface area contributed by atoms with Gasteiger partial charge in [-0.2, -0.15) is 5.10 Å². The summed E-state index contributed by atoms with van der Waals surface area (Å²) < 4.78 is 23.7. The van der Waals surface area contributed by atoms with Crippen molar-refractivity contribution in [3.8, 4) is 17.2 Å². The van der Waals surface area contributed by atoms with Crippen LogP contribution in [0.3, 0.4) is 0 Å². The van der Waals surface area contributed by atoms with Crippen LogP contribution >= 0.6 is 45.2 Å². The summed E-state index contributed by atoms with van der Waals surface area (Å²) in [6.07, 6.45) is 0.492. The zero-order chi connectivity index (χ0) is 27.8. The molecule has 2 aromatic rings. The molecule has 1 aliphatic rings. The molecule has 0 aliphatic carbocycles. The number of aliphatic hydroxyl groups excluding tert-OH is 1. The number of hydrogen-bond donors (Lipinski definition) is 4. The van der Waals surface area contributed by atoms with Gasteiger partial charge in [-0.25, -0.2) is 9.59 Å². The first-order valence-corrected chi connectivity index (χ1v) is 13.6. The first kappa shape index (κ1) is 29.8. The van der Waals surface area contributed by atoms with Gasteiger partial charge in [-0.1, -0.05) is 6.07 Å². The monoisotopic (exact) mass is 750 g/mol. The summed E-state index contributed by atoms with van der Waals surface area (Å²) in [5, 5.41) is 19.7. The topological polar surface area (TPSA) is 140 Å². The van der Waals surface area contributed by atoms with E-state index in [0.29, 0.717) is 29.4 Å². The van der Waals surface area contributed by atoms with Gasteiger partial charge < -0.3 is 34.7 Å². The second kappa shape index (κ2) is 13.8. The third-order valence-corrected chi connectivity index (χ3v) is 6.94.